The van der Waals surface area contributed by atoms with Crippen molar-refractivity contribution in [1.82, 2.24) is 5.32 Å². The highest BCUT2D eigenvalue weighted by Gasteiger charge is 2.38. The highest BCUT2D eigenvalue weighted by atomic mass is 28.4. The molecule has 0 aromatic heterocycles. The van der Waals surface area contributed by atoms with E-state index in [4.69, 9.17) is 4.43 Å². The van der Waals surface area contributed by atoms with Crippen LogP contribution in [0.2, 0.25) is 18.1 Å². The van der Waals surface area contributed by atoms with E-state index < -0.39 is 8.32 Å². The quantitative estimate of drug-likeness (QED) is 0.428. The minimum Gasteiger partial charge on any atom is -0.543 e. The number of hydrogen-bond acceptors (Lipinski definition) is 2. The second-order valence-corrected chi connectivity index (χ2v) is 13.1. The fraction of sp³-hybridized carbons (Fsp3) is 0.667. The molecule has 0 heterocycles. The summed E-state index contributed by atoms with van der Waals surface area (Å²) in [5, 5.41) is 3.22. The van der Waals surface area contributed by atoms with Crippen molar-refractivity contribution in [3.63, 3.8) is 0 Å². The number of unbranched alkanes of at least 4 members (excludes halogenated alkanes) is 3. The van der Waals surface area contributed by atoms with E-state index in [1.807, 2.05) is 12.1 Å². The van der Waals surface area contributed by atoms with Crippen molar-refractivity contribution < 1.29 is 9.22 Å². The van der Waals surface area contributed by atoms with Crippen molar-refractivity contribution in [3.05, 3.63) is 29.8 Å². The second kappa shape index (κ2) is 10.0. The molecule has 0 aliphatic rings. The number of carbonyl (C=O) groups excluding carboxylic acids is 1. The molecule has 0 unspecified atom stereocenters. The molecule has 0 saturated heterocycles. The van der Waals surface area contributed by atoms with Crippen LogP contribution < -0.4 is 9.74 Å². The van der Waals surface area contributed by atoms with Gasteiger partial charge in [0.2, 0.25) is 14.2 Å². The first kappa shape index (κ1) is 21.7. The van der Waals surface area contributed by atoms with E-state index in [1.54, 1.807) is 0 Å². The summed E-state index contributed by atoms with van der Waals surface area (Å²) in [6.07, 6.45) is 6.05. The largest absolute Gasteiger partial charge is 0.543 e. The maximum absolute atomic E-state index is 11.8. The van der Waals surface area contributed by atoms with Gasteiger partial charge < -0.3 is 9.74 Å². The van der Waals surface area contributed by atoms with Gasteiger partial charge in [-0.1, -0.05) is 59.1 Å². The van der Waals surface area contributed by atoms with Crippen molar-refractivity contribution >= 4 is 14.2 Å². The Morgan fingerprint density at radius 3 is 2.52 bits per heavy atom. The van der Waals surface area contributed by atoms with Crippen molar-refractivity contribution in [2.24, 2.45) is 0 Å². The lowest BCUT2D eigenvalue weighted by Gasteiger charge is -2.36. The maximum atomic E-state index is 11.8. The van der Waals surface area contributed by atoms with Gasteiger partial charge in [-0.25, -0.2) is 0 Å². The van der Waals surface area contributed by atoms with E-state index in [2.05, 4.69) is 58.2 Å². The minimum atomic E-state index is -1.81. The summed E-state index contributed by atoms with van der Waals surface area (Å²) in [5.74, 6) is 1.12. The topological polar surface area (TPSA) is 38.3 Å². The van der Waals surface area contributed by atoms with Crippen LogP contribution in [0.3, 0.4) is 0 Å². The van der Waals surface area contributed by atoms with E-state index in [0.717, 1.165) is 25.0 Å². The first-order valence-electron chi connectivity index (χ1n) is 9.70. The molecule has 0 bridgehead atoms. The first-order valence-corrected chi connectivity index (χ1v) is 12.6. The summed E-state index contributed by atoms with van der Waals surface area (Å²) >= 11 is 0. The normalized spacial score (nSPS) is 12.1. The summed E-state index contributed by atoms with van der Waals surface area (Å²) in [4.78, 5) is 11.8. The summed E-state index contributed by atoms with van der Waals surface area (Å²) in [6.45, 7) is 14.1. The van der Waals surface area contributed by atoms with Crippen LogP contribution in [-0.4, -0.2) is 20.8 Å². The molecule has 0 aliphatic heterocycles. The fourth-order valence-corrected chi connectivity index (χ4v) is 3.38. The van der Waals surface area contributed by atoms with Crippen LogP contribution in [0.25, 0.3) is 0 Å². The van der Waals surface area contributed by atoms with Crippen LogP contribution in [0.15, 0.2) is 24.3 Å². The van der Waals surface area contributed by atoms with Crippen LogP contribution in [0.4, 0.5) is 0 Å². The number of carbonyl (C=O) groups is 1. The second-order valence-electron chi connectivity index (χ2n) is 8.42. The van der Waals surface area contributed by atoms with E-state index >= 15 is 0 Å². The predicted molar refractivity (Wildman–Crippen MR) is 110 cm³/mol. The molecular formula is C21H37NO2Si. The van der Waals surface area contributed by atoms with Gasteiger partial charge >= 0.3 is 0 Å². The lowest BCUT2D eigenvalue weighted by molar-refractivity contribution is -0.121. The first-order chi connectivity index (χ1) is 11.7. The molecule has 0 aliphatic carbocycles. The average Bonchev–Trinajstić information content (AvgIpc) is 2.50. The third kappa shape index (κ3) is 8.08. The number of nitrogens with one attached hydrogen (secondary N) is 1. The summed E-state index contributed by atoms with van der Waals surface area (Å²) in [6, 6.07) is 8.31. The van der Waals surface area contributed by atoms with E-state index in [-0.39, 0.29) is 10.9 Å². The lowest BCUT2D eigenvalue weighted by Crippen LogP contribution is -2.43. The van der Waals surface area contributed by atoms with Gasteiger partial charge in [0, 0.05) is 13.0 Å². The van der Waals surface area contributed by atoms with Gasteiger partial charge in [-0.15, -0.1) is 0 Å². The smallest absolute Gasteiger partial charge is 0.250 e. The van der Waals surface area contributed by atoms with Gasteiger partial charge in [0.05, 0.1) is 0 Å². The Balaban J connectivity index is 2.44. The predicted octanol–water partition coefficient (Wildman–Crippen LogP) is 5.70. The highest BCUT2D eigenvalue weighted by Crippen LogP contribution is 2.37. The Morgan fingerprint density at radius 2 is 1.88 bits per heavy atom. The van der Waals surface area contributed by atoms with Crippen molar-refractivity contribution in [3.8, 4) is 5.75 Å². The average molecular weight is 364 g/mol. The molecule has 3 nitrogen and oxygen atoms in total. The molecule has 0 fully saturated rings. The molecule has 0 radical (unpaired) electrons. The highest BCUT2D eigenvalue weighted by molar-refractivity contribution is 6.74. The van der Waals surface area contributed by atoms with Crippen LogP contribution in [0, 0.1) is 0 Å². The van der Waals surface area contributed by atoms with Crippen LogP contribution in [0.1, 0.15) is 65.4 Å². The lowest BCUT2D eigenvalue weighted by atomic mass is 10.1. The van der Waals surface area contributed by atoms with Gasteiger partial charge in [-0.2, -0.15) is 0 Å². The molecule has 0 spiro atoms. The van der Waals surface area contributed by atoms with Crippen molar-refractivity contribution in [1.29, 1.82) is 0 Å². The molecule has 4 heteroatoms. The van der Waals surface area contributed by atoms with Gasteiger partial charge in [-0.05, 0) is 48.7 Å². The number of amides is 1. The molecule has 1 aromatic rings. The maximum Gasteiger partial charge on any atom is 0.250 e. The Morgan fingerprint density at radius 1 is 1.16 bits per heavy atom. The third-order valence-electron chi connectivity index (χ3n) is 5.07. The molecule has 142 valence electrons. The van der Waals surface area contributed by atoms with Crippen LogP contribution in [0.5, 0.6) is 5.75 Å². The monoisotopic (exact) mass is 363 g/mol. The van der Waals surface area contributed by atoms with Crippen molar-refractivity contribution in [2.75, 3.05) is 6.54 Å². The van der Waals surface area contributed by atoms with Gasteiger partial charge in [0.15, 0.2) is 0 Å². The SMILES string of the molecule is CCCCCCC(=O)NCCc1cccc(O[Si](C)(C)C(C)(C)C)c1. The third-order valence-corrected chi connectivity index (χ3v) is 9.43. The van der Waals surface area contributed by atoms with Gasteiger partial charge in [0.25, 0.3) is 0 Å². The number of rotatable bonds is 10. The fourth-order valence-electron chi connectivity index (χ4n) is 2.36. The Kier molecular flexibility index (Phi) is 8.70. The van der Waals surface area contributed by atoms with E-state index in [0.29, 0.717) is 13.0 Å². The van der Waals surface area contributed by atoms with Gasteiger partial charge in [0.1, 0.15) is 5.75 Å². The van der Waals surface area contributed by atoms with Crippen LogP contribution >= 0.6 is 0 Å². The summed E-state index contributed by atoms with van der Waals surface area (Å²) in [5.41, 5.74) is 1.21. The van der Waals surface area contributed by atoms with Crippen molar-refractivity contribution in [2.45, 2.75) is 84.4 Å². The van der Waals surface area contributed by atoms with E-state index in [9.17, 15) is 4.79 Å². The Labute approximate surface area is 155 Å². The molecule has 1 amide bonds. The Bertz CT molecular complexity index is 535. The molecule has 0 atom stereocenters. The molecule has 1 rings (SSSR count). The summed E-state index contributed by atoms with van der Waals surface area (Å²) in [7, 11) is -1.81. The number of benzene rings is 1. The van der Waals surface area contributed by atoms with E-state index in [1.165, 1.54) is 18.4 Å². The molecular weight excluding hydrogens is 326 g/mol. The van der Waals surface area contributed by atoms with Gasteiger partial charge in [-0.3, -0.25) is 4.79 Å². The zero-order valence-electron chi connectivity index (χ0n) is 17.1. The standard InChI is InChI=1S/C21H37NO2Si/c1-7-8-9-10-14-20(23)22-16-15-18-12-11-13-19(17-18)24-25(5,6)21(2,3)4/h11-13,17H,7-10,14-16H2,1-6H3,(H,22,23). The zero-order chi connectivity index (χ0) is 18.9. The molecule has 0 saturated carbocycles. The zero-order valence-corrected chi connectivity index (χ0v) is 18.1. The molecule has 1 N–H and O–H groups in total. The molecule has 1 aromatic carbocycles. The minimum absolute atomic E-state index is 0.171. The molecule has 25 heavy (non-hydrogen) atoms. The van der Waals surface area contributed by atoms with Crippen LogP contribution in [-0.2, 0) is 11.2 Å². The summed E-state index contributed by atoms with van der Waals surface area (Å²) < 4.78 is 6.36. The number of hydrogen-bond donors (Lipinski definition) is 1. The Hall–Kier alpha value is -1.29.